The van der Waals surface area contributed by atoms with Crippen LogP contribution in [0.2, 0.25) is 0 Å². The highest BCUT2D eigenvalue weighted by Crippen LogP contribution is 2.21. The molecule has 6 nitrogen and oxygen atoms in total. The molecular weight excluding hydrogens is 362 g/mol. The summed E-state index contributed by atoms with van der Waals surface area (Å²) >= 11 is 0. The van der Waals surface area contributed by atoms with Crippen molar-refractivity contribution in [3.05, 3.63) is 60.4 Å². The molecule has 0 saturated carbocycles. The minimum absolute atomic E-state index is 0.110. The van der Waals surface area contributed by atoms with Gasteiger partial charge < -0.3 is 5.32 Å². The van der Waals surface area contributed by atoms with Gasteiger partial charge in [-0.3, -0.25) is 9.78 Å². The monoisotopic (exact) mass is 387 g/mol. The van der Waals surface area contributed by atoms with Gasteiger partial charge in [-0.25, -0.2) is 12.7 Å². The number of piperidine rings is 1. The van der Waals surface area contributed by atoms with E-state index in [0.717, 1.165) is 12.0 Å². The quantitative estimate of drug-likeness (QED) is 0.792. The number of aromatic nitrogens is 1. The molecule has 0 aliphatic carbocycles. The van der Waals surface area contributed by atoms with E-state index in [1.165, 1.54) is 4.31 Å². The van der Waals surface area contributed by atoms with Gasteiger partial charge in [-0.1, -0.05) is 30.3 Å². The van der Waals surface area contributed by atoms with Crippen molar-refractivity contribution in [2.45, 2.75) is 25.7 Å². The van der Waals surface area contributed by atoms with Gasteiger partial charge >= 0.3 is 0 Å². The Morgan fingerprint density at radius 3 is 2.74 bits per heavy atom. The van der Waals surface area contributed by atoms with Gasteiger partial charge in [0.15, 0.2) is 0 Å². The Kier molecular flexibility index (Phi) is 6.58. The summed E-state index contributed by atoms with van der Waals surface area (Å²) in [5.41, 5.74) is 1.77. The molecule has 1 aromatic heterocycles. The van der Waals surface area contributed by atoms with Crippen LogP contribution in [0.3, 0.4) is 0 Å². The van der Waals surface area contributed by atoms with Gasteiger partial charge in [0.2, 0.25) is 15.9 Å². The van der Waals surface area contributed by atoms with Crippen LogP contribution < -0.4 is 5.32 Å². The van der Waals surface area contributed by atoms with Gasteiger partial charge in [0.05, 0.1) is 23.6 Å². The second-order valence-electron chi connectivity index (χ2n) is 6.83. The molecule has 27 heavy (non-hydrogen) atoms. The second kappa shape index (κ2) is 9.10. The normalized spacial score (nSPS) is 18.1. The zero-order chi connectivity index (χ0) is 19.1. The lowest BCUT2D eigenvalue weighted by Gasteiger charge is -2.31. The minimum Gasteiger partial charge on any atom is -0.324 e. The number of hydrogen-bond acceptors (Lipinski definition) is 4. The van der Waals surface area contributed by atoms with Crippen LogP contribution in [0.15, 0.2) is 54.9 Å². The molecule has 1 atom stereocenters. The van der Waals surface area contributed by atoms with Crippen molar-refractivity contribution in [1.82, 2.24) is 9.29 Å². The van der Waals surface area contributed by atoms with E-state index < -0.39 is 10.0 Å². The Bertz CT molecular complexity index is 841. The van der Waals surface area contributed by atoms with Crippen molar-refractivity contribution < 1.29 is 13.2 Å². The minimum atomic E-state index is -3.35. The third-order valence-corrected chi connectivity index (χ3v) is 6.71. The smallest absolute Gasteiger partial charge is 0.228 e. The molecule has 1 fully saturated rings. The van der Waals surface area contributed by atoms with Gasteiger partial charge in [-0.15, -0.1) is 0 Å². The van der Waals surface area contributed by atoms with E-state index in [4.69, 9.17) is 0 Å². The van der Waals surface area contributed by atoms with Crippen molar-refractivity contribution >= 4 is 21.6 Å². The third kappa shape index (κ3) is 5.61. The summed E-state index contributed by atoms with van der Waals surface area (Å²) in [6.45, 7) is 0.740. The lowest BCUT2D eigenvalue weighted by Crippen LogP contribution is -2.44. The number of anilines is 1. The fourth-order valence-electron chi connectivity index (χ4n) is 3.32. The maximum atomic E-state index is 12.7. The zero-order valence-corrected chi connectivity index (χ0v) is 16.1. The molecule has 7 heteroatoms. The first-order chi connectivity index (χ1) is 13.0. The summed E-state index contributed by atoms with van der Waals surface area (Å²) in [5.74, 6) is -0.367. The number of benzene rings is 1. The van der Waals surface area contributed by atoms with Crippen LogP contribution in [0, 0.1) is 5.92 Å². The number of amides is 1. The molecule has 1 aliphatic rings. The van der Waals surface area contributed by atoms with Crippen LogP contribution >= 0.6 is 0 Å². The van der Waals surface area contributed by atoms with E-state index in [9.17, 15) is 13.2 Å². The standard InChI is InChI=1S/C20H25N3O3S/c24-20(22-19-11-4-12-21-15-19)18-10-5-13-23(16-18)27(25,26)14-6-9-17-7-2-1-3-8-17/h1-4,7-8,11-12,15,18H,5-6,9-10,13-14,16H2,(H,22,24)/t18-/m1/s1. The number of nitrogens with one attached hydrogen (secondary N) is 1. The molecule has 1 N–H and O–H groups in total. The molecule has 3 rings (SSSR count). The molecule has 1 aliphatic heterocycles. The Hall–Kier alpha value is -2.25. The van der Waals surface area contributed by atoms with Crippen molar-refractivity contribution in [3.63, 3.8) is 0 Å². The average molecular weight is 388 g/mol. The number of hydrogen-bond donors (Lipinski definition) is 1. The van der Waals surface area contributed by atoms with Gasteiger partial charge in [0.25, 0.3) is 0 Å². The highest BCUT2D eigenvalue weighted by Gasteiger charge is 2.32. The van der Waals surface area contributed by atoms with Gasteiger partial charge in [0, 0.05) is 19.3 Å². The van der Waals surface area contributed by atoms with Crippen LogP contribution in [0.4, 0.5) is 5.69 Å². The maximum absolute atomic E-state index is 12.7. The summed E-state index contributed by atoms with van der Waals surface area (Å²) in [5, 5.41) is 2.83. The van der Waals surface area contributed by atoms with Gasteiger partial charge in [-0.2, -0.15) is 0 Å². The molecule has 1 aromatic carbocycles. The molecule has 2 heterocycles. The summed E-state index contributed by atoms with van der Waals surface area (Å²) in [6, 6.07) is 13.4. The van der Waals surface area contributed by atoms with Crippen LogP contribution in [0.25, 0.3) is 0 Å². The number of sulfonamides is 1. The van der Waals surface area contributed by atoms with Crippen LogP contribution in [0.5, 0.6) is 0 Å². The molecule has 144 valence electrons. The Labute approximate surface area is 160 Å². The molecule has 0 unspecified atom stereocenters. The summed E-state index contributed by atoms with van der Waals surface area (Å²) in [7, 11) is -3.35. The first-order valence-corrected chi connectivity index (χ1v) is 10.9. The largest absolute Gasteiger partial charge is 0.324 e. The van der Waals surface area contributed by atoms with E-state index in [1.54, 1.807) is 24.5 Å². The van der Waals surface area contributed by atoms with E-state index in [-0.39, 0.29) is 24.1 Å². The summed E-state index contributed by atoms with van der Waals surface area (Å²) in [6.07, 6.45) is 5.93. The Morgan fingerprint density at radius 2 is 2.00 bits per heavy atom. The van der Waals surface area contributed by atoms with E-state index >= 15 is 0 Å². The van der Waals surface area contributed by atoms with Gasteiger partial charge in [-0.05, 0) is 43.4 Å². The predicted octanol–water partition coefficient (Wildman–Crippen LogP) is 2.69. The second-order valence-corrected chi connectivity index (χ2v) is 8.92. The number of rotatable bonds is 7. The highest BCUT2D eigenvalue weighted by molar-refractivity contribution is 7.89. The zero-order valence-electron chi connectivity index (χ0n) is 15.3. The van der Waals surface area contributed by atoms with Crippen LogP contribution in [0.1, 0.15) is 24.8 Å². The lowest BCUT2D eigenvalue weighted by atomic mass is 9.99. The Balaban J connectivity index is 1.53. The lowest BCUT2D eigenvalue weighted by molar-refractivity contribution is -0.120. The van der Waals surface area contributed by atoms with Crippen molar-refractivity contribution in [2.24, 2.45) is 5.92 Å². The topological polar surface area (TPSA) is 79.4 Å². The maximum Gasteiger partial charge on any atom is 0.228 e. The number of aryl methyl sites for hydroxylation is 1. The van der Waals surface area contributed by atoms with E-state index in [0.29, 0.717) is 31.5 Å². The third-order valence-electron chi connectivity index (χ3n) is 4.79. The van der Waals surface area contributed by atoms with E-state index in [2.05, 4.69) is 10.3 Å². The fraction of sp³-hybridized carbons (Fsp3) is 0.400. The van der Waals surface area contributed by atoms with Crippen molar-refractivity contribution in [2.75, 3.05) is 24.2 Å². The molecule has 1 amide bonds. The van der Waals surface area contributed by atoms with Crippen molar-refractivity contribution in [3.8, 4) is 0 Å². The first-order valence-electron chi connectivity index (χ1n) is 9.27. The molecule has 0 spiro atoms. The van der Waals surface area contributed by atoms with Crippen LogP contribution in [-0.4, -0.2) is 42.5 Å². The SMILES string of the molecule is O=C(Nc1cccnc1)[C@@H]1CCCN(S(=O)(=O)CCCc2ccccc2)C1. The first kappa shape index (κ1) is 19.5. The van der Waals surface area contributed by atoms with Crippen LogP contribution in [-0.2, 0) is 21.2 Å². The number of carbonyl (C=O) groups excluding carboxylic acids is 1. The summed E-state index contributed by atoms with van der Waals surface area (Å²) in [4.78, 5) is 16.5. The van der Waals surface area contributed by atoms with Gasteiger partial charge in [0.1, 0.15) is 0 Å². The highest BCUT2D eigenvalue weighted by atomic mass is 32.2. The average Bonchev–Trinajstić information content (AvgIpc) is 2.69. The Morgan fingerprint density at radius 1 is 1.19 bits per heavy atom. The fourth-order valence-corrected chi connectivity index (χ4v) is 4.90. The molecule has 1 saturated heterocycles. The number of nitrogens with zero attached hydrogens (tertiary/aromatic N) is 2. The predicted molar refractivity (Wildman–Crippen MR) is 106 cm³/mol. The molecular formula is C20H25N3O3S. The summed E-state index contributed by atoms with van der Waals surface area (Å²) < 4.78 is 26.9. The number of carbonyl (C=O) groups is 1. The van der Waals surface area contributed by atoms with E-state index in [1.807, 2.05) is 30.3 Å². The number of pyridine rings is 1. The molecule has 0 radical (unpaired) electrons. The van der Waals surface area contributed by atoms with Crippen molar-refractivity contribution in [1.29, 1.82) is 0 Å². The molecule has 0 bridgehead atoms. The molecule has 2 aromatic rings.